The molecule has 6 nitrogen and oxygen atoms in total. The van der Waals surface area contributed by atoms with Gasteiger partial charge in [-0.05, 0) is 20.3 Å². The van der Waals surface area contributed by atoms with Crippen molar-refractivity contribution >= 4 is 13.0 Å². The van der Waals surface area contributed by atoms with Gasteiger partial charge in [-0.25, -0.2) is 0 Å². The molecule has 0 saturated carbocycles. The minimum Gasteiger partial charge on any atom is -0.426 e. The van der Waals surface area contributed by atoms with Crippen molar-refractivity contribution in [3.63, 3.8) is 0 Å². The molecule has 18 heavy (non-hydrogen) atoms. The molecular formula is C11H26BNO5. The lowest BCUT2D eigenvalue weighted by atomic mass is 9.76. The van der Waals surface area contributed by atoms with Crippen molar-refractivity contribution < 1.29 is 25.1 Å². The lowest BCUT2D eigenvalue weighted by Gasteiger charge is -2.15. The molecule has 108 valence electrons. The van der Waals surface area contributed by atoms with E-state index in [9.17, 15) is 4.79 Å². The Bertz CT molecular complexity index is 206. The number of carbonyl (C=O) groups is 1. The molecule has 0 spiro atoms. The number of rotatable bonds is 6. The maximum atomic E-state index is 10.6. The van der Waals surface area contributed by atoms with Gasteiger partial charge in [-0.15, -0.1) is 0 Å². The Hall–Kier alpha value is -0.625. The Balaban J connectivity index is 0. The predicted octanol–water partition coefficient (Wildman–Crippen LogP) is -0.559. The Morgan fingerprint density at radius 1 is 1.22 bits per heavy atom. The molecule has 0 aliphatic carbocycles. The van der Waals surface area contributed by atoms with Crippen molar-refractivity contribution in [2.24, 2.45) is 0 Å². The van der Waals surface area contributed by atoms with Crippen LogP contribution >= 0.6 is 0 Å². The summed E-state index contributed by atoms with van der Waals surface area (Å²) >= 11 is 0. The first kappa shape index (κ1) is 19.7. The Morgan fingerprint density at radius 3 is 1.89 bits per heavy atom. The summed E-state index contributed by atoms with van der Waals surface area (Å²) in [7, 11) is -1.46. The second kappa shape index (κ2) is 11.5. The molecule has 5 N–H and O–H groups in total. The molecule has 7 heteroatoms. The summed E-state index contributed by atoms with van der Waals surface area (Å²) in [5, 5.41) is 36.9. The van der Waals surface area contributed by atoms with E-state index in [0.717, 1.165) is 12.8 Å². The average molecular weight is 263 g/mol. The molecule has 0 aliphatic rings. The van der Waals surface area contributed by atoms with Crippen LogP contribution in [0.25, 0.3) is 0 Å². The van der Waals surface area contributed by atoms with E-state index in [2.05, 4.69) is 5.32 Å². The van der Waals surface area contributed by atoms with Gasteiger partial charge in [-0.1, -0.05) is 19.8 Å². The van der Waals surface area contributed by atoms with Crippen LogP contribution in [0.1, 0.15) is 47.0 Å². The molecule has 0 heterocycles. The summed E-state index contributed by atoms with van der Waals surface area (Å²) in [4.78, 5) is 10.6. The summed E-state index contributed by atoms with van der Waals surface area (Å²) in [5.74, 6) is -0.758. The quantitative estimate of drug-likeness (QED) is 0.413. The van der Waals surface area contributed by atoms with Gasteiger partial charge in [0.2, 0.25) is 5.91 Å². The van der Waals surface area contributed by atoms with Crippen molar-refractivity contribution in [3.05, 3.63) is 0 Å². The summed E-state index contributed by atoms with van der Waals surface area (Å²) in [6.45, 7) is 6.46. The number of hydrogen-bond donors (Lipinski definition) is 5. The maximum Gasteiger partial charge on any atom is 0.475 e. The number of nitrogens with one attached hydrogen (secondary N) is 1. The van der Waals surface area contributed by atoms with E-state index >= 15 is 0 Å². The number of carbonyl (C=O) groups excluding carboxylic acids is 1. The highest BCUT2D eigenvalue weighted by molar-refractivity contribution is 6.43. The number of unbranched alkanes of at least 4 members (excludes halogenated alkanes) is 1. The molecule has 0 aromatic heterocycles. The van der Waals surface area contributed by atoms with Crippen LogP contribution in [0.4, 0.5) is 0 Å². The normalized spacial score (nSPS) is 14.9. The zero-order chi connectivity index (χ0) is 14.7. The number of aliphatic hydroxyl groups is 2. The standard InChI is InChI=1S/C7H16BNO3.C4H10O2/c1-3-4-5-7(8(11)12)9-6(2)10;1-3(5)4(2)6/h7,11-12H,3-5H2,1-2H3,(H,9,10);3-6H,1-2H3/t;3-,4-/m.1/s1. The summed E-state index contributed by atoms with van der Waals surface area (Å²) in [6.07, 6.45) is 1.27. The molecule has 0 saturated heterocycles. The van der Waals surface area contributed by atoms with Gasteiger partial charge in [0.1, 0.15) is 0 Å². The van der Waals surface area contributed by atoms with Crippen LogP contribution < -0.4 is 5.32 Å². The summed E-state index contributed by atoms with van der Waals surface area (Å²) < 4.78 is 0. The molecule has 0 aromatic carbocycles. The van der Waals surface area contributed by atoms with Crippen molar-refractivity contribution in [3.8, 4) is 0 Å². The minimum absolute atomic E-state index is 0.232. The largest absolute Gasteiger partial charge is 0.475 e. The zero-order valence-electron chi connectivity index (χ0n) is 11.6. The first-order chi connectivity index (χ1) is 8.22. The van der Waals surface area contributed by atoms with Crippen LogP contribution in [0.5, 0.6) is 0 Å². The smallest absolute Gasteiger partial charge is 0.426 e. The maximum absolute atomic E-state index is 10.6. The van der Waals surface area contributed by atoms with Gasteiger partial charge in [0.15, 0.2) is 0 Å². The average Bonchev–Trinajstić information content (AvgIpc) is 2.24. The molecule has 0 aromatic rings. The van der Waals surface area contributed by atoms with E-state index < -0.39 is 25.3 Å². The first-order valence-corrected chi connectivity index (χ1v) is 6.21. The number of aliphatic hydroxyl groups excluding tert-OH is 2. The fourth-order valence-electron chi connectivity index (χ4n) is 0.981. The third kappa shape index (κ3) is 13.4. The van der Waals surface area contributed by atoms with Crippen LogP contribution in [0, 0.1) is 0 Å². The fraction of sp³-hybridized carbons (Fsp3) is 0.909. The Kier molecular flexibility index (Phi) is 12.6. The predicted molar refractivity (Wildman–Crippen MR) is 70.7 cm³/mol. The van der Waals surface area contributed by atoms with E-state index in [1.54, 1.807) is 13.8 Å². The highest BCUT2D eigenvalue weighted by Crippen LogP contribution is 2.01. The highest BCUT2D eigenvalue weighted by Gasteiger charge is 2.22. The van der Waals surface area contributed by atoms with Gasteiger partial charge in [0.05, 0.1) is 18.1 Å². The van der Waals surface area contributed by atoms with E-state index in [1.807, 2.05) is 6.92 Å². The Labute approximate surface area is 109 Å². The number of amides is 1. The second-order valence-corrected chi connectivity index (χ2v) is 4.34. The molecule has 3 atom stereocenters. The lowest BCUT2D eigenvalue weighted by molar-refractivity contribution is -0.119. The van der Waals surface area contributed by atoms with Gasteiger partial charge < -0.3 is 25.6 Å². The van der Waals surface area contributed by atoms with Crippen LogP contribution in [-0.4, -0.2) is 51.4 Å². The van der Waals surface area contributed by atoms with E-state index in [1.165, 1.54) is 6.92 Å². The van der Waals surface area contributed by atoms with Gasteiger partial charge in [0.25, 0.3) is 0 Å². The van der Waals surface area contributed by atoms with Gasteiger partial charge >= 0.3 is 7.12 Å². The van der Waals surface area contributed by atoms with Crippen molar-refractivity contribution in [2.75, 3.05) is 0 Å². The molecular weight excluding hydrogens is 237 g/mol. The molecule has 1 unspecified atom stereocenters. The monoisotopic (exact) mass is 263 g/mol. The van der Waals surface area contributed by atoms with Gasteiger partial charge in [0, 0.05) is 6.92 Å². The molecule has 0 rings (SSSR count). The zero-order valence-corrected chi connectivity index (χ0v) is 11.6. The minimum atomic E-state index is -1.46. The topological polar surface area (TPSA) is 110 Å². The van der Waals surface area contributed by atoms with Crippen molar-refractivity contribution in [1.82, 2.24) is 5.32 Å². The van der Waals surface area contributed by atoms with Crippen molar-refractivity contribution in [1.29, 1.82) is 0 Å². The van der Waals surface area contributed by atoms with Crippen LogP contribution in [-0.2, 0) is 4.79 Å². The second-order valence-electron chi connectivity index (χ2n) is 4.34. The Morgan fingerprint density at radius 2 is 1.67 bits per heavy atom. The molecule has 0 bridgehead atoms. The van der Waals surface area contributed by atoms with E-state index in [0.29, 0.717) is 6.42 Å². The molecule has 0 radical (unpaired) electrons. The van der Waals surface area contributed by atoms with Crippen LogP contribution in [0.2, 0.25) is 0 Å². The third-order valence-electron chi connectivity index (χ3n) is 2.32. The van der Waals surface area contributed by atoms with E-state index in [4.69, 9.17) is 20.3 Å². The van der Waals surface area contributed by atoms with Gasteiger partial charge in [-0.2, -0.15) is 0 Å². The summed E-state index contributed by atoms with van der Waals surface area (Å²) in [5.41, 5.74) is 0. The molecule has 0 fully saturated rings. The summed E-state index contributed by atoms with van der Waals surface area (Å²) in [6, 6.07) is 0. The van der Waals surface area contributed by atoms with Crippen molar-refractivity contribution in [2.45, 2.75) is 65.1 Å². The van der Waals surface area contributed by atoms with E-state index in [-0.39, 0.29) is 5.91 Å². The van der Waals surface area contributed by atoms with Crippen LogP contribution in [0.3, 0.4) is 0 Å². The van der Waals surface area contributed by atoms with Crippen LogP contribution in [0.15, 0.2) is 0 Å². The third-order valence-corrected chi connectivity index (χ3v) is 2.32. The lowest BCUT2D eigenvalue weighted by Crippen LogP contribution is -2.45. The first-order valence-electron chi connectivity index (χ1n) is 6.21. The molecule has 1 amide bonds. The highest BCUT2D eigenvalue weighted by atomic mass is 16.4. The van der Waals surface area contributed by atoms with Gasteiger partial charge in [-0.3, -0.25) is 4.79 Å². The number of hydrogen-bond acceptors (Lipinski definition) is 5. The fourth-order valence-corrected chi connectivity index (χ4v) is 0.981. The molecule has 0 aliphatic heterocycles. The SMILES string of the molecule is CCCCC(NC(C)=O)B(O)O.C[C@@H](O)[C@@H](C)O.